The number of aryl methyl sites for hydroxylation is 2. The number of benzene rings is 1. The molecule has 0 aliphatic carbocycles. The minimum absolute atomic E-state index is 0.0271. The molecule has 0 spiro atoms. The van der Waals surface area contributed by atoms with E-state index in [4.69, 9.17) is 12.2 Å². The summed E-state index contributed by atoms with van der Waals surface area (Å²) in [6.07, 6.45) is 6.25. The third-order valence-corrected chi connectivity index (χ3v) is 5.66. The molecule has 30 heavy (non-hydrogen) atoms. The zero-order valence-corrected chi connectivity index (χ0v) is 17.9. The molecule has 2 N–H and O–H groups in total. The molecule has 0 saturated carbocycles. The maximum Gasteiger partial charge on any atom is 0.226 e. The van der Waals surface area contributed by atoms with Crippen molar-refractivity contribution in [3.8, 4) is 0 Å². The molecule has 0 radical (unpaired) electrons. The van der Waals surface area contributed by atoms with E-state index in [1.165, 1.54) is 0 Å². The first-order valence-corrected chi connectivity index (χ1v) is 10.4. The minimum Gasteiger partial charge on any atom is -0.357 e. The molecule has 2 unspecified atom stereocenters. The number of carbonyl (C=O) groups is 1. The molecular formula is C23H25N5OS. The topological polar surface area (TPSA) is 62.2 Å². The number of pyridine rings is 1. The van der Waals surface area contributed by atoms with Crippen LogP contribution in [-0.2, 0) is 11.8 Å². The SMILES string of the molecule is Cc1ccc(NC(=O)CCN2C(=S)NC(c3ccccn3)C2c2ccn(C)c2)cc1. The van der Waals surface area contributed by atoms with Gasteiger partial charge in [-0.2, -0.15) is 0 Å². The molecule has 154 valence electrons. The summed E-state index contributed by atoms with van der Waals surface area (Å²) in [7, 11) is 2.00. The predicted molar refractivity (Wildman–Crippen MR) is 122 cm³/mol. The van der Waals surface area contributed by atoms with Gasteiger partial charge in [-0.3, -0.25) is 9.78 Å². The number of thiocarbonyl (C=S) groups is 1. The summed E-state index contributed by atoms with van der Waals surface area (Å²) in [6.45, 7) is 2.54. The van der Waals surface area contributed by atoms with Crippen LogP contribution in [0.1, 0.15) is 35.3 Å². The van der Waals surface area contributed by atoms with Crippen molar-refractivity contribution in [3.05, 3.63) is 83.9 Å². The summed E-state index contributed by atoms with van der Waals surface area (Å²) in [5, 5.41) is 7.02. The Kier molecular flexibility index (Phi) is 5.81. The number of hydrogen-bond donors (Lipinski definition) is 2. The van der Waals surface area contributed by atoms with Crippen molar-refractivity contribution in [2.24, 2.45) is 7.05 Å². The smallest absolute Gasteiger partial charge is 0.226 e. The van der Waals surface area contributed by atoms with Crippen LogP contribution in [0.5, 0.6) is 0 Å². The third-order valence-electron chi connectivity index (χ3n) is 5.31. The van der Waals surface area contributed by atoms with Crippen LogP contribution in [0.2, 0.25) is 0 Å². The van der Waals surface area contributed by atoms with Gasteiger partial charge < -0.3 is 20.1 Å². The molecule has 7 heteroatoms. The van der Waals surface area contributed by atoms with Crippen LogP contribution in [0.3, 0.4) is 0 Å². The highest BCUT2D eigenvalue weighted by molar-refractivity contribution is 7.80. The highest BCUT2D eigenvalue weighted by atomic mass is 32.1. The fourth-order valence-corrected chi connectivity index (χ4v) is 4.12. The fourth-order valence-electron chi connectivity index (χ4n) is 3.79. The molecule has 2 aromatic heterocycles. The Morgan fingerprint density at radius 1 is 1.20 bits per heavy atom. The quantitative estimate of drug-likeness (QED) is 0.596. The lowest BCUT2D eigenvalue weighted by atomic mass is 9.99. The van der Waals surface area contributed by atoms with Crippen LogP contribution < -0.4 is 10.6 Å². The molecule has 1 saturated heterocycles. The van der Waals surface area contributed by atoms with Crippen molar-refractivity contribution in [1.82, 2.24) is 19.8 Å². The van der Waals surface area contributed by atoms with Gasteiger partial charge in [-0.25, -0.2) is 0 Å². The number of anilines is 1. The van der Waals surface area contributed by atoms with Crippen LogP contribution in [0.15, 0.2) is 67.1 Å². The van der Waals surface area contributed by atoms with Crippen molar-refractivity contribution in [1.29, 1.82) is 0 Å². The van der Waals surface area contributed by atoms with Gasteiger partial charge in [0.05, 0.1) is 17.8 Å². The molecule has 1 aliphatic heterocycles. The molecule has 3 heterocycles. The van der Waals surface area contributed by atoms with Crippen LogP contribution in [0, 0.1) is 6.92 Å². The minimum atomic E-state index is -0.0683. The summed E-state index contributed by atoms with van der Waals surface area (Å²) >= 11 is 5.65. The first-order chi connectivity index (χ1) is 14.5. The van der Waals surface area contributed by atoms with Gasteiger partial charge in [-0.15, -0.1) is 0 Å². The van der Waals surface area contributed by atoms with Crippen molar-refractivity contribution < 1.29 is 4.79 Å². The van der Waals surface area contributed by atoms with E-state index in [9.17, 15) is 4.79 Å². The van der Waals surface area contributed by atoms with E-state index in [0.717, 1.165) is 22.5 Å². The normalized spacial score (nSPS) is 18.3. The highest BCUT2D eigenvalue weighted by Gasteiger charge is 2.40. The van der Waals surface area contributed by atoms with Gasteiger partial charge in [0.1, 0.15) is 0 Å². The average Bonchev–Trinajstić information content (AvgIpc) is 3.31. The van der Waals surface area contributed by atoms with E-state index < -0.39 is 0 Å². The molecule has 1 fully saturated rings. The standard InChI is InChI=1S/C23H25N5OS/c1-16-6-8-18(9-7-16)25-20(29)11-14-28-22(17-10-13-27(2)15-17)21(26-23(28)30)19-5-3-4-12-24-19/h3-10,12-13,15,21-22H,11,14H2,1-2H3,(H,25,29)(H,26,30). The molecule has 6 nitrogen and oxygen atoms in total. The summed E-state index contributed by atoms with van der Waals surface area (Å²) in [6, 6.07) is 15.7. The first kappa shape index (κ1) is 20.1. The largest absolute Gasteiger partial charge is 0.357 e. The molecule has 1 amide bonds. The van der Waals surface area contributed by atoms with Crippen molar-refractivity contribution in [2.45, 2.75) is 25.4 Å². The summed E-state index contributed by atoms with van der Waals surface area (Å²) < 4.78 is 2.02. The summed E-state index contributed by atoms with van der Waals surface area (Å²) in [4.78, 5) is 19.2. The van der Waals surface area contributed by atoms with Gasteiger partial charge >= 0.3 is 0 Å². The van der Waals surface area contributed by atoms with Gasteiger partial charge in [0.15, 0.2) is 5.11 Å². The van der Waals surface area contributed by atoms with Crippen LogP contribution in [0.4, 0.5) is 5.69 Å². The van der Waals surface area contributed by atoms with Gasteiger partial charge in [0, 0.05) is 44.3 Å². The predicted octanol–water partition coefficient (Wildman–Crippen LogP) is 3.73. The number of nitrogens with one attached hydrogen (secondary N) is 2. The maximum absolute atomic E-state index is 12.5. The van der Waals surface area contributed by atoms with Gasteiger partial charge in [0.25, 0.3) is 0 Å². The maximum atomic E-state index is 12.5. The Morgan fingerprint density at radius 2 is 2.00 bits per heavy atom. The second kappa shape index (κ2) is 8.67. The van der Waals surface area contributed by atoms with E-state index in [0.29, 0.717) is 18.1 Å². The van der Waals surface area contributed by atoms with Crippen LogP contribution in [0.25, 0.3) is 0 Å². The zero-order chi connectivity index (χ0) is 21.1. The zero-order valence-electron chi connectivity index (χ0n) is 17.1. The second-order valence-electron chi connectivity index (χ2n) is 7.59. The number of hydrogen-bond acceptors (Lipinski definition) is 3. The average molecular weight is 420 g/mol. The lowest BCUT2D eigenvalue weighted by Gasteiger charge is -2.27. The van der Waals surface area contributed by atoms with Crippen molar-refractivity contribution in [2.75, 3.05) is 11.9 Å². The Balaban J connectivity index is 1.51. The molecule has 1 aromatic carbocycles. The van der Waals surface area contributed by atoms with Crippen LogP contribution >= 0.6 is 12.2 Å². The fraction of sp³-hybridized carbons (Fsp3) is 0.261. The molecule has 4 rings (SSSR count). The summed E-state index contributed by atoms with van der Waals surface area (Å²) in [5.74, 6) is -0.0326. The highest BCUT2D eigenvalue weighted by Crippen LogP contribution is 2.38. The molecular weight excluding hydrogens is 394 g/mol. The van der Waals surface area contributed by atoms with Crippen molar-refractivity contribution in [3.63, 3.8) is 0 Å². The Labute approximate surface area is 181 Å². The first-order valence-electron chi connectivity index (χ1n) is 9.98. The Bertz CT molecular complexity index is 1030. The van der Waals surface area contributed by atoms with Gasteiger partial charge in [-0.1, -0.05) is 23.8 Å². The summed E-state index contributed by atoms with van der Waals surface area (Å²) in [5.41, 5.74) is 4.03. The van der Waals surface area contributed by atoms with Crippen molar-refractivity contribution >= 4 is 28.9 Å². The van der Waals surface area contributed by atoms with Crippen LogP contribution in [-0.4, -0.2) is 32.0 Å². The van der Waals surface area contributed by atoms with E-state index in [-0.39, 0.29) is 18.0 Å². The van der Waals surface area contributed by atoms with Gasteiger partial charge in [-0.05, 0) is 55.0 Å². The monoisotopic (exact) mass is 419 g/mol. The second-order valence-corrected chi connectivity index (χ2v) is 7.98. The van der Waals surface area contributed by atoms with E-state index in [1.54, 1.807) is 6.20 Å². The van der Waals surface area contributed by atoms with Gasteiger partial charge in [0.2, 0.25) is 5.91 Å². The Morgan fingerprint density at radius 3 is 2.67 bits per heavy atom. The number of rotatable bonds is 6. The number of amides is 1. The lowest BCUT2D eigenvalue weighted by Crippen LogP contribution is -2.32. The Hall–Kier alpha value is -3.19. The van der Waals surface area contributed by atoms with E-state index in [2.05, 4.69) is 32.8 Å². The third kappa shape index (κ3) is 4.36. The number of nitrogens with zero attached hydrogens (tertiary/aromatic N) is 3. The molecule has 1 aliphatic rings. The number of aromatic nitrogens is 2. The lowest BCUT2D eigenvalue weighted by molar-refractivity contribution is -0.116. The van der Waals surface area contributed by atoms with E-state index in [1.807, 2.05) is 67.2 Å². The molecule has 0 bridgehead atoms. The molecule has 3 aromatic rings. The molecule has 2 atom stereocenters. The van der Waals surface area contributed by atoms with E-state index >= 15 is 0 Å². The number of carbonyl (C=O) groups excluding carboxylic acids is 1.